The molecular formula is C9H20ClN. The highest BCUT2D eigenvalue weighted by Gasteiger charge is 1.94. The van der Waals surface area contributed by atoms with Gasteiger partial charge in [-0.15, -0.1) is 12.4 Å². The third-order valence-electron chi connectivity index (χ3n) is 1.74. The number of halogens is 1. The van der Waals surface area contributed by atoms with Gasteiger partial charge in [-0.05, 0) is 26.4 Å². The predicted octanol–water partition coefficient (Wildman–Crippen LogP) is 2.72. The van der Waals surface area contributed by atoms with Gasteiger partial charge in [0.2, 0.25) is 0 Å². The number of allylic oxidation sites excluding steroid dienone is 1. The van der Waals surface area contributed by atoms with E-state index in [0.717, 1.165) is 0 Å². The molecule has 0 aliphatic heterocycles. The topological polar surface area (TPSA) is 3.24 Å². The maximum atomic E-state index is 2.43. The van der Waals surface area contributed by atoms with E-state index in [1.54, 1.807) is 0 Å². The van der Waals surface area contributed by atoms with Gasteiger partial charge < -0.3 is 4.90 Å². The molecule has 0 bridgehead atoms. The monoisotopic (exact) mass is 177 g/mol. The quantitative estimate of drug-likeness (QED) is 0.584. The van der Waals surface area contributed by atoms with Gasteiger partial charge in [0.1, 0.15) is 0 Å². The third kappa shape index (κ3) is 7.89. The first kappa shape index (κ1) is 13.6. The first-order chi connectivity index (χ1) is 4.85. The molecule has 0 heterocycles. The Morgan fingerprint density at radius 2 is 1.73 bits per heavy atom. The lowest BCUT2D eigenvalue weighted by molar-refractivity contribution is 0.310. The summed E-state index contributed by atoms with van der Waals surface area (Å²) in [6, 6.07) is 0. The van der Waals surface area contributed by atoms with Crippen molar-refractivity contribution in [3.63, 3.8) is 0 Å². The second-order valence-corrected chi connectivity index (χ2v) is 2.38. The molecule has 0 aromatic rings. The van der Waals surface area contributed by atoms with Crippen LogP contribution in [0, 0.1) is 0 Å². The average molecular weight is 178 g/mol. The van der Waals surface area contributed by atoms with Crippen molar-refractivity contribution in [2.24, 2.45) is 0 Å². The molecule has 0 saturated heterocycles. The van der Waals surface area contributed by atoms with Crippen LogP contribution in [0.15, 0.2) is 12.2 Å². The van der Waals surface area contributed by atoms with Crippen LogP contribution in [-0.4, -0.2) is 24.5 Å². The summed E-state index contributed by atoms with van der Waals surface area (Å²) in [4.78, 5) is 2.43. The lowest BCUT2D eigenvalue weighted by Gasteiger charge is -2.15. The molecular weight excluding hydrogens is 158 g/mol. The molecule has 0 N–H and O–H groups in total. The third-order valence-corrected chi connectivity index (χ3v) is 1.74. The van der Waals surface area contributed by atoms with Gasteiger partial charge in [-0.3, -0.25) is 0 Å². The van der Waals surface area contributed by atoms with Gasteiger partial charge in [-0.1, -0.05) is 26.0 Å². The van der Waals surface area contributed by atoms with Crippen LogP contribution in [0.4, 0.5) is 0 Å². The van der Waals surface area contributed by atoms with Gasteiger partial charge in [0.25, 0.3) is 0 Å². The molecule has 0 amide bonds. The summed E-state index contributed by atoms with van der Waals surface area (Å²) in [5.74, 6) is 0. The summed E-state index contributed by atoms with van der Waals surface area (Å²) in [7, 11) is 0. The standard InChI is InChI=1S/C9H19N.ClH/c1-4-7-8-9-10(5-2)6-3;/h4,7H,5-6,8-9H2,1-3H3;1H/b7-4+;. The van der Waals surface area contributed by atoms with Crippen LogP contribution in [0.1, 0.15) is 27.2 Å². The van der Waals surface area contributed by atoms with Gasteiger partial charge in [0.05, 0.1) is 0 Å². The van der Waals surface area contributed by atoms with E-state index < -0.39 is 0 Å². The van der Waals surface area contributed by atoms with Crippen LogP contribution in [0.2, 0.25) is 0 Å². The highest BCUT2D eigenvalue weighted by Crippen LogP contribution is 1.90. The summed E-state index contributed by atoms with van der Waals surface area (Å²) in [6.07, 6.45) is 5.53. The Balaban J connectivity index is 0. The number of hydrogen-bond acceptors (Lipinski definition) is 1. The molecule has 0 saturated carbocycles. The van der Waals surface area contributed by atoms with Crippen molar-refractivity contribution >= 4 is 12.4 Å². The van der Waals surface area contributed by atoms with Crippen LogP contribution in [0.5, 0.6) is 0 Å². The van der Waals surface area contributed by atoms with Gasteiger partial charge in [-0.25, -0.2) is 0 Å². The molecule has 2 heteroatoms. The van der Waals surface area contributed by atoms with Crippen molar-refractivity contribution in [2.75, 3.05) is 19.6 Å². The number of rotatable bonds is 5. The lowest BCUT2D eigenvalue weighted by atomic mass is 10.3. The summed E-state index contributed by atoms with van der Waals surface area (Å²) in [5.41, 5.74) is 0. The van der Waals surface area contributed by atoms with Crippen molar-refractivity contribution < 1.29 is 0 Å². The van der Waals surface area contributed by atoms with Crippen molar-refractivity contribution in [3.05, 3.63) is 12.2 Å². The normalized spacial score (nSPS) is 10.5. The van der Waals surface area contributed by atoms with E-state index >= 15 is 0 Å². The van der Waals surface area contributed by atoms with Gasteiger partial charge in [-0.2, -0.15) is 0 Å². The van der Waals surface area contributed by atoms with E-state index in [-0.39, 0.29) is 12.4 Å². The maximum absolute atomic E-state index is 2.43. The average Bonchev–Trinajstić information content (AvgIpc) is 1.99. The fraction of sp³-hybridized carbons (Fsp3) is 0.778. The first-order valence-corrected chi connectivity index (χ1v) is 4.18. The van der Waals surface area contributed by atoms with E-state index in [1.807, 2.05) is 0 Å². The molecule has 0 aliphatic rings. The second kappa shape index (κ2) is 9.99. The van der Waals surface area contributed by atoms with Gasteiger partial charge in [0.15, 0.2) is 0 Å². The molecule has 1 nitrogen and oxygen atoms in total. The Hall–Kier alpha value is -0.0100. The lowest BCUT2D eigenvalue weighted by Crippen LogP contribution is -2.23. The Morgan fingerprint density at radius 3 is 2.09 bits per heavy atom. The highest BCUT2D eigenvalue weighted by atomic mass is 35.5. The minimum Gasteiger partial charge on any atom is -0.304 e. The van der Waals surface area contributed by atoms with Crippen LogP contribution < -0.4 is 0 Å². The Morgan fingerprint density at radius 1 is 1.18 bits per heavy atom. The molecule has 0 rings (SSSR count). The number of hydrogen-bond donors (Lipinski definition) is 0. The Labute approximate surface area is 76.9 Å². The molecule has 0 fully saturated rings. The van der Waals surface area contributed by atoms with Gasteiger partial charge >= 0.3 is 0 Å². The fourth-order valence-corrected chi connectivity index (χ4v) is 0.964. The zero-order valence-electron chi connectivity index (χ0n) is 7.84. The molecule has 11 heavy (non-hydrogen) atoms. The number of nitrogens with zero attached hydrogens (tertiary/aromatic N) is 1. The summed E-state index contributed by atoms with van der Waals surface area (Å²) < 4.78 is 0. The molecule has 0 spiro atoms. The summed E-state index contributed by atoms with van der Waals surface area (Å²) >= 11 is 0. The minimum atomic E-state index is 0. The van der Waals surface area contributed by atoms with Gasteiger partial charge in [0, 0.05) is 6.54 Å². The molecule has 68 valence electrons. The molecule has 0 atom stereocenters. The smallest absolute Gasteiger partial charge is 0.00157 e. The van der Waals surface area contributed by atoms with Crippen LogP contribution in [0.3, 0.4) is 0 Å². The maximum Gasteiger partial charge on any atom is 0.00157 e. The first-order valence-electron chi connectivity index (χ1n) is 4.18. The van der Waals surface area contributed by atoms with Crippen LogP contribution in [-0.2, 0) is 0 Å². The molecule has 0 aliphatic carbocycles. The minimum absolute atomic E-state index is 0. The van der Waals surface area contributed by atoms with E-state index in [4.69, 9.17) is 0 Å². The second-order valence-electron chi connectivity index (χ2n) is 2.38. The molecule has 0 unspecified atom stereocenters. The zero-order valence-corrected chi connectivity index (χ0v) is 8.66. The molecule has 0 aromatic carbocycles. The summed E-state index contributed by atoms with van der Waals surface area (Å²) in [6.45, 7) is 10.0. The SMILES string of the molecule is C/C=C/CCN(CC)CC.Cl. The Bertz CT molecular complexity index is 87.6. The highest BCUT2D eigenvalue weighted by molar-refractivity contribution is 5.85. The van der Waals surface area contributed by atoms with Crippen molar-refractivity contribution in [1.29, 1.82) is 0 Å². The molecule has 0 radical (unpaired) electrons. The predicted molar refractivity (Wildman–Crippen MR) is 54.5 cm³/mol. The van der Waals surface area contributed by atoms with Crippen molar-refractivity contribution in [1.82, 2.24) is 4.90 Å². The largest absolute Gasteiger partial charge is 0.304 e. The van der Waals surface area contributed by atoms with E-state index in [1.165, 1.54) is 26.1 Å². The van der Waals surface area contributed by atoms with Crippen molar-refractivity contribution in [2.45, 2.75) is 27.2 Å². The van der Waals surface area contributed by atoms with Crippen LogP contribution >= 0.6 is 12.4 Å². The van der Waals surface area contributed by atoms with E-state index in [2.05, 4.69) is 37.8 Å². The summed E-state index contributed by atoms with van der Waals surface area (Å²) in [5, 5.41) is 0. The van der Waals surface area contributed by atoms with E-state index in [9.17, 15) is 0 Å². The Kier molecular flexibility index (Phi) is 12.3. The zero-order chi connectivity index (χ0) is 7.82. The molecule has 0 aromatic heterocycles. The fourth-order valence-electron chi connectivity index (χ4n) is 0.964. The van der Waals surface area contributed by atoms with E-state index in [0.29, 0.717) is 0 Å². The van der Waals surface area contributed by atoms with Crippen molar-refractivity contribution in [3.8, 4) is 0 Å². The van der Waals surface area contributed by atoms with Crippen LogP contribution in [0.25, 0.3) is 0 Å².